The lowest BCUT2D eigenvalue weighted by Crippen LogP contribution is -1.98. The van der Waals surface area contributed by atoms with Gasteiger partial charge in [-0.05, 0) is 125 Å². The van der Waals surface area contributed by atoms with Crippen molar-refractivity contribution >= 4 is 65.4 Å². The standard InChI is InChI=1S/C76H49N5/c1-3-21-50(22-4-1)67-46-56(48-69(77-67)52-25-19-27-58(42-52)79-71-35-13-7-29-61(71)62-30-8-14-36-72(62)79)54-41-55(45-60(44-54)81-75-39-17-11-33-65(75)66-34-12-18-40-76(66)81)57-47-68(51-23-5-2-6-24-51)78-70(49-57)53-26-20-28-59(43-53)80-73-37-15-9-31-63(73)64-32-10-16-38-74(64)80/h1-49H. The molecule has 5 nitrogen and oxygen atoms in total. The molecule has 0 spiro atoms. The average molecular weight is 1030 g/mol. The van der Waals surface area contributed by atoms with Crippen molar-refractivity contribution in [2.75, 3.05) is 0 Å². The van der Waals surface area contributed by atoms with Crippen LogP contribution in [0.2, 0.25) is 0 Å². The predicted octanol–water partition coefficient (Wildman–Crippen LogP) is 19.8. The van der Waals surface area contributed by atoms with Gasteiger partial charge in [0.15, 0.2) is 0 Å². The van der Waals surface area contributed by atoms with Crippen LogP contribution in [0.4, 0.5) is 0 Å². The van der Waals surface area contributed by atoms with Crippen LogP contribution in [-0.4, -0.2) is 23.7 Å². The minimum atomic E-state index is 0.887. The van der Waals surface area contributed by atoms with Crippen LogP contribution in [0.5, 0.6) is 0 Å². The molecule has 0 saturated carbocycles. The molecule has 0 fully saturated rings. The smallest absolute Gasteiger partial charge is 0.0716 e. The molecule has 0 saturated heterocycles. The van der Waals surface area contributed by atoms with Gasteiger partial charge < -0.3 is 13.7 Å². The van der Waals surface area contributed by atoms with Gasteiger partial charge in [0, 0.05) is 71.6 Å². The summed E-state index contributed by atoms with van der Waals surface area (Å²) in [5.74, 6) is 0. The van der Waals surface area contributed by atoms with Crippen LogP contribution in [0, 0.1) is 0 Å². The first-order valence-corrected chi connectivity index (χ1v) is 27.6. The van der Waals surface area contributed by atoms with E-state index in [4.69, 9.17) is 9.97 Å². The van der Waals surface area contributed by atoms with E-state index in [1.165, 1.54) is 54.4 Å². The zero-order chi connectivity index (χ0) is 53.4. The van der Waals surface area contributed by atoms with Crippen molar-refractivity contribution < 1.29 is 0 Å². The molecule has 0 radical (unpaired) electrons. The molecule has 0 aliphatic heterocycles. The van der Waals surface area contributed by atoms with Crippen molar-refractivity contribution in [1.82, 2.24) is 23.7 Å². The highest BCUT2D eigenvalue weighted by atomic mass is 15.0. The highest BCUT2D eigenvalue weighted by Crippen LogP contribution is 2.41. The van der Waals surface area contributed by atoms with E-state index in [1.54, 1.807) is 0 Å². The minimum absolute atomic E-state index is 0.887. The molecule has 0 unspecified atom stereocenters. The quantitative estimate of drug-likeness (QED) is 0.145. The summed E-state index contributed by atoms with van der Waals surface area (Å²) in [5.41, 5.74) is 22.2. The van der Waals surface area contributed by atoms with E-state index >= 15 is 0 Å². The molecule has 16 rings (SSSR count). The molecule has 5 aromatic heterocycles. The van der Waals surface area contributed by atoms with Gasteiger partial charge in [0.25, 0.3) is 0 Å². The van der Waals surface area contributed by atoms with Crippen molar-refractivity contribution in [2.45, 2.75) is 0 Å². The maximum atomic E-state index is 5.51. The molecule has 0 amide bonds. The number of benzene rings is 11. The van der Waals surface area contributed by atoms with E-state index in [1.807, 2.05) is 0 Å². The summed E-state index contributed by atoms with van der Waals surface area (Å²) in [5, 5.41) is 7.34. The molecular weight excluding hydrogens is 983 g/mol. The molecule has 0 atom stereocenters. The van der Waals surface area contributed by atoms with Gasteiger partial charge in [-0.2, -0.15) is 0 Å². The summed E-state index contributed by atoms with van der Waals surface area (Å²) in [6, 6.07) is 107. The van der Waals surface area contributed by atoms with Gasteiger partial charge in [-0.3, -0.25) is 0 Å². The first kappa shape index (κ1) is 46.2. The Morgan fingerprint density at radius 2 is 0.420 bits per heavy atom. The normalized spacial score (nSPS) is 11.7. The van der Waals surface area contributed by atoms with Crippen molar-refractivity contribution in [3.63, 3.8) is 0 Å². The van der Waals surface area contributed by atoms with Crippen LogP contribution in [0.3, 0.4) is 0 Å². The Balaban J connectivity index is 0.924. The van der Waals surface area contributed by atoms with Gasteiger partial charge >= 0.3 is 0 Å². The number of para-hydroxylation sites is 6. The highest BCUT2D eigenvalue weighted by molar-refractivity contribution is 6.11. The van der Waals surface area contributed by atoms with E-state index < -0.39 is 0 Å². The molecule has 5 heteroatoms. The summed E-state index contributed by atoms with van der Waals surface area (Å²) in [6.07, 6.45) is 0. The van der Waals surface area contributed by atoms with E-state index in [9.17, 15) is 0 Å². The van der Waals surface area contributed by atoms with E-state index in [-0.39, 0.29) is 0 Å². The number of aromatic nitrogens is 5. The number of pyridine rings is 2. The minimum Gasteiger partial charge on any atom is -0.309 e. The lowest BCUT2D eigenvalue weighted by molar-refractivity contribution is 1.18. The Morgan fingerprint density at radius 1 is 0.173 bits per heavy atom. The maximum absolute atomic E-state index is 5.51. The van der Waals surface area contributed by atoms with Gasteiger partial charge in [0.1, 0.15) is 0 Å². The Bertz CT molecular complexity index is 4700. The third-order valence-corrected chi connectivity index (χ3v) is 16.2. The van der Waals surface area contributed by atoms with Crippen molar-refractivity contribution in [3.05, 3.63) is 297 Å². The molecule has 16 aromatic rings. The molecule has 0 aliphatic rings. The molecule has 5 heterocycles. The molecular formula is C76H49N5. The van der Waals surface area contributed by atoms with E-state index in [0.29, 0.717) is 0 Å². The van der Waals surface area contributed by atoms with Crippen LogP contribution in [-0.2, 0) is 0 Å². The SMILES string of the molecule is c1ccc(-c2cc(-c3cc(-c4cc(-c5ccccc5)nc(-c5cccc(-n6c7ccccc7c7ccccc76)c5)c4)cc(-n4c5ccccc5c5ccccc54)c3)cc(-c3cccc(-n4c5ccccc5c5ccccc54)c3)n2)cc1. The molecule has 81 heavy (non-hydrogen) atoms. The summed E-state index contributed by atoms with van der Waals surface area (Å²) in [6.45, 7) is 0. The lowest BCUT2D eigenvalue weighted by atomic mass is 9.94. The van der Waals surface area contributed by atoms with Gasteiger partial charge in [0.05, 0.1) is 55.9 Å². The first-order valence-electron chi connectivity index (χ1n) is 27.6. The molecule has 0 aliphatic carbocycles. The van der Waals surface area contributed by atoms with Gasteiger partial charge in [0.2, 0.25) is 0 Å². The van der Waals surface area contributed by atoms with Crippen molar-refractivity contribution in [3.8, 4) is 84.3 Å². The van der Waals surface area contributed by atoms with Gasteiger partial charge in [-0.25, -0.2) is 9.97 Å². The third-order valence-electron chi connectivity index (χ3n) is 16.2. The largest absolute Gasteiger partial charge is 0.309 e. The number of hydrogen-bond acceptors (Lipinski definition) is 2. The Hall–Kier alpha value is -10.9. The third kappa shape index (κ3) is 7.85. The van der Waals surface area contributed by atoms with Crippen LogP contribution >= 0.6 is 0 Å². The second kappa shape index (κ2) is 18.9. The molecule has 0 bridgehead atoms. The van der Waals surface area contributed by atoms with Crippen molar-refractivity contribution in [1.29, 1.82) is 0 Å². The Morgan fingerprint density at radius 3 is 0.753 bits per heavy atom. The lowest BCUT2D eigenvalue weighted by Gasteiger charge is -2.17. The van der Waals surface area contributed by atoms with Crippen molar-refractivity contribution in [2.24, 2.45) is 0 Å². The number of nitrogens with zero attached hydrogens (tertiary/aromatic N) is 5. The van der Waals surface area contributed by atoms with Crippen LogP contribution < -0.4 is 0 Å². The zero-order valence-corrected chi connectivity index (χ0v) is 44.0. The fourth-order valence-electron chi connectivity index (χ4n) is 12.5. The topological polar surface area (TPSA) is 40.6 Å². The summed E-state index contributed by atoms with van der Waals surface area (Å²) < 4.78 is 7.19. The number of fused-ring (bicyclic) bond motifs is 9. The molecule has 0 N–H and O–H groups in total. The van der Waals surface area contributed by atoms with Crippen LogP contribution in [0.1, 0.15) is 0 Å². The van der Waals surface area contributed by atoms with E-state index in [2.05, 4.69) is 311 Å². The van der Waals surface area contributed by atoms with Gasteiger partial charge in [-0.15, -0.1) is 0 Å². The predicted molar refractivity (Wildman–Crippen MR) is 338 cm³/mol. The van der Waals surface area contributed by atoms with Crippen LogP contribution in [0.25, 0.3) is 150 Å². The summed E-state index contributed by atoms with van der Waals surface area (Å²) in [4.78, 5) is 11.0. The second-order valence-electron chi connectivity index (χ2n) is 21.0. The fourth-order valence-corrected chi connectivity index (χ4v) is 12.5. The summed E-state index contributed by atoms with van der Waals surface area (Å²) in [7, 11) is 0. The first-order chi connectivity index (χ1) is 40.1. The average Bonchev–Trinajstić information content (AvgIpc) is 4.42. The van der Waals surface area contributed by atoms with Crippen LogP contribution in [0.15, 0.2) is 297 Å². The van der Waals surface area contributed by atoms with Gasteiger partial charge in [-0.1, -0.05) is 194 Å². The Kier molecular flexibility index (Phi) is 10.8. The Labute approximate surface area is 468 Å². The summed E-state index contributed by atoms with van der Waals surface area (Å²) >= 11 is 0. The fraction of sp³-hybridized carbons (Fsp3) is 0. The van der Waals surface area contributed by atoms with E-state index in [0.717, 1.165) is 95.4 Å². The molecule has 378 valence electrons. The number of rotatable bonds is 9. The highest BCUT2D eigenvalue weighted by Gasteiger charge is 2.20. The number of hydrogen-bond donors (Lipinski definition) is 0. The second-order valence-corrected chi connectivity index (χ2v) is 21.0. The zero-order valence-electron chi connectivity index (χ0n) is 44.0. The maximum Gasteiger partial charge on any atom is 0.0716 e. The monoisotopic (exact) mass is 1030 g/mol. The molecule has 11 aromatic carbocycles.